The van der Waals surface area contributed by atoms with E-state index in [1.807, 2.05) is 12.1 Å². The van der Waals surface area contributed by atoms with Crippen molar-refractivity contribution in [2.45, 2.75) is 6.54 Å². The lowest BCUT2D eigenvalue weighted by Gasteiger charge is -2.50. The number of hydrogen-bond acceptors (Lipinski definition) is 2. The van der Waals surface area contributed by atoms with Crippen molar-refractivity contribution in [2.75, 3.05) is 51.6 Å². The minimum absolute atomic E-state index is 0. The van der Waals surface area contributed by atoms with Crippen molar-refractivity contribution in [1.82, 2.24) is 10.2 Å². The summed E-state index contributed by atoms with van der Waals surface area (Å²) in [6, 6.07) is 8.08. The Hall–Kier alpha value is -1.30. The Labute approximate surface area is 132 Å². The summed E-state index contributed by atoms with van der Waals surface area (Å²) >= 11 is 0. The molecule has 0 spiro atoms. The van der Waals surface area contributed by atoms with E-state index in [2.05, 4.69) is 27.7 Å². The van der Waals surface area contributed by atoms with Crippen molar-refractivity contribution < 1.29 is 21.7 Å². The first-order chi connectivity index (χ1) is 9.69. The molecule has 3 saturated heterocycles. The fraction of sp³-hybridized carbons (Fsp3) is 0.533. The van der Waals surface area contributed by atoms with Crippen LogP contribution in [0.3, 0.4) is 0 Å². The Morgan fingerprint density at radius 1 is 1.14 bits per heavy atom. The van der Waals surface area contributed by atoms with Gasteiger partial charge in [0.2, 0.25) is 0 Å². The molecule has 2 N–H and O–H groups in total. The lowest BCUT2D eigenvalue weighted by atomic mass is 10.1. The number of amides is 2. The zero-order valence-corrected chi connectivity index (χ0v) is 13.2. The van der Waals surface area contributed by atoms with E-state index in [-0.39, 0.29) is 18.4 Å². The number of fused-ring (bicyclic) bond motifs is 3. The van der Waals surface area contributed by atoms with Crippen LogP contribution in [0.25, 0.3) is 0 Å². The highest BCUT2D eigenvalue weighted by molar-refractivity contribution is 5.88. The molecule has 2 amide bonds. The molecule has 2 bridgehead atoms. The molecule has 3 aliphatic rings. The van der Waals surface area contributed by atoms with Crippen molar-refractivity contribution in [1.29, 1.82) is 0 Å². The molecule has 1 aromatic carbocycles. The molecular weight excluding hydrogens is 288 g/mol. The second-order valence-electron chi connectivity index (χ2n) is 5.91. The van der Waals surface area contributed by atoms with Gasteiger partial charge in [-0.3, -0.25) is 4.90 Å². The molecule has 21 heavy (non-hydrogen) atoms. The van der Waals surface area contributed by atoms with E-state index in [9.17, 15) is 4.79 Å². The first kappa shape index (κ1) is 16.1. The van der Waals surface area contributed by atoms with E-state index in [1.54, 1.807) is 7.05 Å². The topological polar surface area (TPSA) is 44.4 Å². The molecule has 116 valence electrons. The van der Waals surface area contributed by atoms with Gasteiger partial charge < -0.3 is 27.5 Å². The summed E-state index contributed by atoms with van der Waals surface area (Å²) in [4.78, 5) is 13.8. The molecule has 0 atom stereocenters. The van der Waals surface area contributed by atoms with Crippen LogP contribution in [0.4, 0.5) is 10.5 Å². The second-order valence-corrected chi connectivity index (χ2v) is 5.91. The molecule has 5 nitrogen and oxygen atoms in total. The van der Waals surface area contributed by atoms with Gasteiger partial charge in [-0.05, 0) is 12.1 Å². The quantitative estimate of drug-likeness (QED) is 0.640. The summed E-state index contributed by atoms with van der Waals surface area (Å²) < 4.78 is 1.23. The Balaban J connectivity index is 0.00000161. The molecule has 0 aromatic heterocycles. The van der Waals surface area contributed by atoms with E-state index in [0.29, 0.717) is 0 Å². The predicted octanol–water partition coefficient (Wildman–Crippen LogP) is -1.91. The number of anilines is 1. The van der Waals surface area contributed by atoms with Gasteiger partial charge >= 0.3 is 6.03 Å². The van der Waals surface area contributed by atoms with Crippen molar-refractivity contribution >= 4 is 11.7 Å². The maximum atomic E-state index is 11.3. The van der Waals surface area contributed by atoms with E-state index in [1.165, 1.54) is 49.3 Å². The van der Waals surface area contributed by atoms with Gasteiger partial charge in [0.15, 0.2) is 0 Å². The number of quaternary nitrogens is 1. The second kappa shape index (κ2) is 6.64. The highest BCUT2D eigenvalue weighted by Gasteiger charge is 2.38. The van der Waals surface area contributed by atoms with Gasteiger partial charge in [0, 0.05) is 37.9 Å². The van der Waals surface area contributed by atoms with Crippen molar-refractivity contribution in [2.24, 2.45) is 0 Å². The fourth-order valence-electron chi connectivity index (χ4n) is 3.24. The molecule has 0 aliphatic carbocycles. The van der Waals surface area contributed by atoms with Crippen molar-refractivity contribution in [3.63, 3.8) is 0 Å². The molecule has 4 rings (SSSR count). The summed E-state index contributed by atoms with van der Waals surface area (Å²) in [5.74, 6) is 0. The summed E-state index contributed by atoms with van der Waals surface area (Å²) in [5, 5.41) is 5.35. The van der Waals surface area contributed by atoms with Crippen LogP contribution in [-0.4, -0.2) is 61.7 Å². The normalized spacial score (nSPS) is 26.8. The van der Waals surface area contributed by atoms with Gasteiger partial charge in [-0.25, -0.2) is 4.79 Å². The van der Waals surface area contributed by atoms with Gasteiger partial charge in [-0.15, -0.1) is 0 Å². The minimum atomic E-state index is -0.174. The summed E-state index contributed by atoms with van der Waals surface area (Å²) in [6.07, 6.45) is 0. The highest BCUT2D eigenvalue weighted by Crippen LogP contribution is 2.23. The first-order valence-corrected chi connectivity index (χ1v) is 7.34. The Morgan fingerprint density at radius 3 is 2.24 bits per heavy atom. The number of carbonyl (C=O) groups excluding carboxylic acids is 1. The molecule has 3 aliphatic heterocycles. The summed E-state index contributed by atoms with van der Waals surface area (Å²) in [5.41, 5.74) is 2.21. The number of nitrogens with one attached hydrogen (secondary N) is 2. The SMILES string of the molecule is CNC(=O)Nc1ccc(C[N+]23CCN(CC2)CC3)cc1.[Cl-]. The zero-order valence-electron chi connectivity index (χ0n) is 12.4. The van der Waals surface area contributed by atoms with Gasteiger partial charge in [0.25, 0.3) is 0 Å². The third-order valence-corrected chi connectivity index (χ3v) is 4.63. The van der Waals surface area contributed by atoms with E-state index in [0.717, 1.165) is 12.2 Å². The monoisotopic (exact) mass is 310 g/mol. The molecule has 3 fully saturated rings. The number of halogens is 1. The van der Waals surface area contributed by atoms with E-state index in [4.69, 9.17) is 0 Å². The van der Waals surface area contributed by atoms with Gasteiger partial charge in [-0.2, -0.15) is 0 Å². The van der Waals surface area contributed by atoms with Crippen LogP contribution in [0.2, 0.25) is 0 Å². The minimum Gasteiger partial charge on any atom is -1.00 e. The number of urea groups is 1. The van der Waals surface area contributed by atoms with Crippen molar-refractivity contribution in [3.05, 3.63) is 29.8 Å². The van der Waals surface area contributed by atoms with Crippen LogP contribution in [0.5, 0.6) is 0 Å². The average Bonchev–Trinajstić information content (AvgIpc) is 2.50. The number of hydrogen-bond donors (Lipinski definition) is 2. The Kier molecular flexibility index (Phi) is 5.08. The van der Waals surface area contributed by atoms with E-state index >= 15 is 0 Å². The zero-order chi connectivity index (χ0) is 14.0. The predicted molar refractivity (Wildman–Crippen MR) is 79.5 cm³/mol. The number of nitrogens with zero attached hydrogens (tertiary/aromatic N) is 2. The molecule has 1 aromatic rings. The Bertz CT molecular complexity index is 469. The van der Waals surface area contributed by atoms with Gasteiger partial charge in [0.05, 0.1) is 19.6 Å². The third-order valence-electron chi connectivity index (χ3n) is 4.63. The van der Waals surface area contributed by atoms with Crippen LogP contribution in [0.15, 0.2) is 24.3 Å². The fourth-order valence-corrected chi connectivity index (χ4v) is 3.24. The lowest BCUT2D eigenvalue weighted by molar-refractivity contribution is -0.953. The first-order valence-electron chi connectivity index (χ1n) is 7.34. The summed E-state index contributed by atoms with van der Waals surface area (Å²) in [7, 11) is 1.62. The van der Waals surface area contributed by atoms with Crippen LogP contribution >= 0.6 is 0 Å². The van der Waals surface area contributed by atoms with Crippen LogP contribution in [-0.2, 0) is 6.54 Å². The number of rotatable bonds is 3. The van der Waals surface area contributed by atoms with Crippen LogP contribution in [0.1, 0.15) is 5.56 Å². The maximum Gasteiger partial charge on any atom is 0.318 e. The highest BCUT2D eigenvalue weighted by atomic mass is 35.5. The summed E-state index contributed by atoms with van der Waals surface area (Å²) in [6.45, 7) is 8.69. The lowest BCUT2D eigenvalue weighted by Crippen LogP contribution is -3.00. The smallest absolute Gasteiger partial charge is 0.318 e. The number of benzene rings is 1. The van der Waals surface area contributed by atoms with Gasteiger partial charge in [-0.1, -0.05) is 12.1 Å². The van der Waals surface area contributed by atoms with Gasteiger partial charge in [0.1, 0.15) is 6.54 Å². The molecule has 0 radical (unpaired) electrons. The number of piperazine rings is 3. The van der Waals surface area contributed by atoms with E-state index < -0.39 is 0 Å². The Morgan fingerprint density at radius 2 is 1.71 bits per heavy atom. The average molecular weight is 311 g/mol. The van der Waals surface area contributed by atoms with Crippen LogP contribution in [0, 0.1) is 0 Å². The molecule has 3 heterocycles. The third kappa shape index (κ3) is 3.67. The standard InChI is InChI=1S/C15H22N4O.ClH/c1-16-15(20)17-14-4-2-13(3-5-14)12-19-9-6-18(7-10-19)8-11-19;/h2-5H,6-12H2,1H3,(H-,16,17,20);1H. The molecular formula is C15H23ClN4O. The maximum absolute atomic E-state index is 11.3. The van der Waals surface area contributed by atoms with Crippen molar-refractivity contribution in [3.8, 4) is 0 Å². The number of carbonyl (C=O) groups is 1. The molecule has 0 unspecified atom stereocenters. The molecule has 0 saturated carbocycles. The largest absolute Gasteiger partial charge is 1.00 e. The van der Waals surface area contributed by atoms with Crippen LogP contribution < -0.4 is 23.0 Å². The molecule has 6 heteroatoms.